The highest BCUT2D eigenvalue weighted by atomic mass is 32.2. The molecule has 26 heavy (non-hydrogen) atoms. The Hall–Kier alpha value is -2.87. The van der Waals surface area contributed by atoms with Gasteiger partial charge in [0, 0.05) is 12.2 Å². The van der Waals surface area contributed by atoms with Gasteiger partial charge in [-0.1, -0.05) is 42.1 Å². The van der Waals surface area contributed by atoms with Crippen LogP contribution in [0, 0.1) is 0 Å². The van der Waals surface area contributed by atoms with E-state index in [0.29, 0.717) is 17.4 Å². The summed E-state index contributed by atoms with van der Waals surface area (Å²) in [5, 5.41) is 14.7. The van der Waals surface area contributed by atoms with Crippen molar-refractivity contribution in [3.8, 4) is 5.75 Å². The minimum absolute atomic E-state index is 0.142. The molecular formula is C18H19N5O2S. The van der Waals surface area contributed by atoms with Gasteiger partial charge in [-0.05, 0) is 47.2 Å². The zero-order chi connectivity index (χ0) is 18.4. The number of tetrazole rings is 1. The Morgan fingerprint density at radius 1 is 1.19 bits per heavy atom. The molecule has 0 saturated carbocycles. The number of nitrogens with zero attached hydrogens (tertiary/aromatic N) is 4. The maximum absolute atomic E-state index is 13.0. The second-order valence-electron chi connectivity index (χ2n) is 5.40. The van der Waals surface area contributed by atoms with E-state index in [0.717, 1.165) is 11.3 Å². The molecule has 3 rings (SSSR count). The number of benzene rings is 2. The third-order valence-electron chi connectivity index (χ3n) is 3.72. The number of hydrogen-bond acceptors (Lipinski definition) is 6. The summed E-state index contributed by atoms with van der Waals surface area (Å²) in [6.45, 7) is 2.59. The minimum Gasteiger partial charge on any atom is -0.497 e. The van der Waals surface area contributed by atoms with Gasteiger partial charge in [0.15, 0.2) is 0 Å². The molecule has 1 N–H and O–H groups in total. The zero-order valence-electron chi connectivity index (χ0n) is 14.5. The monoisotopic (exact) mass is 369 g/mol. The Morgan fingerprint density at radius 3 is 2.58 bits per heavy atom. The van der Waals surface area contributed by atoms with E-state index < -0.39 is 5.25 Å². The third kappa shape index (κ3) is 4.20. The van der Waals surface area contributed by atoms with Crippen LogP contribution in [0.2, 0.25) is 0 Å². The lowest BCUT2D eigenvalue weighted by Crippen LogP contribution is -2.19. The Labute approximate surface area is 155 Å². The number of hydrogen-bond donors (Lipinski definition) is 1. The van der Waals surface area contributed by atoms with Crippen molar-refractivity contribution >= 4 is 23.4 Å². The van der Waals surface area contributed by atoms with Gasteiger partial charge < -0.3 is 10.1 Å². The third-order valence-corrected chi connectivity index (χ3v) is 4.95. The van der Waals surface area contributed by atoms with Crippen LogP contribution >= 0.6 is 11.8 Å². The van der Waals surface area contributed by atoms with E-state index in [1.54, 1.807) is 36.1 Å². The second kappa shape index (κ2) is 8.48. The number of carbonyl (C=O) groups excluding carboxylic acids is 1. The zero-order valence-corrected chi connectivity index (χ0v) is 15.3. The van der Waals surface area contributed by atoms with E-state index in [2.05, 4.69) is 20.8 Å². The van der Waals surface area contributed by atoms with E-state index in [-0.39, 0.29) is 5.91 Å². The maximum atomic E-state index is 13.0. The molecule has 0 spiro atoms. The molecule has 0 bridgehead atoms. The molecule has 0 saturated heterocycles. The number of rotatable bonds is 7. The highest BCUT2D eigenvalue weighted by Crippen LogP contribution is 2.35. The number of carbonyl (C=O) groups is 1. The van der Waals surface area contributed by atoms with E-state index in [1.165, 1.54) is 11.8 Å². The highest BCUT2D eigenvalue weighted by molar-refractivity contribution is 8.00. The number of nitrogens with one attached hydrogen (secondary N) is 1. The first kappa shape index (κ1) is 17.9. The molecule has 0 aliphatic rings. The first-order valence-corrected chi connectivity index (χ1v) is 9.02. The summed E-state index contributed by atoms with van der Waals surface area (Å²) < 4.78 is 6.81. The van der Waals surface area contributed by atoms with Crippen LogP contribution < -0.4 is 10.1 Å². The SMILES string of the molecule is CCn1nnnc1S[C@@H](C(=O)Nc1ccc(OC)cc1)c1ccccc1. The molecule has 8 heteroatoms. The van der Waals surface area contributed by atoms with Gasteiger partial charge in [-0.25, -0.2) is 4.68 Å². The predicted octanol–water partition coefficient (Wildman–Crippen LogP) is 3.17. The fraction of sp³-hybridized carbons (Fsp3) is 0.222. The Kier molecular flexibility index (Phi) is 5.85. The van der Waals surface area contributed by atoms with Crippen molar-refractivity contribution in [2.45, 2.75) is 23.9 Å². The average Bonchev–Trinajstić information content (AvgIpc) is 3.14. The van der Waals surface area contributed by atoms with E-state index in [1.807, 2.05) is 37.3 Å². The summed E-state index contributed by atoms with van der Waals surface area (Å²) in [5.74, 6) is 0.594. The topological polar surface area (TPSA) is 81.9 Å². The van der Waals surface area contributed by atoms with Crippen LogP contribution in [0.5, 0.6) is 5.75 Å². The number of amides is 1. The first-order valence-electron chi connectivity index (χ1n) is 8.14. The lowest BCUT2D eigenvalue weighted by atomic mass is 10.1. The molecule has 1 amide bonds. The fourth-order valence-corrected chi connectivity index (χ4v) is 3.41. The van der Waals surface area contributed by atoms with Crippen LogP contribution in [-0.4, -0.2) is 33.2 Å². The van der Waals surface area contributed by atoms with Crippen LogP contribution in [-0.2, 0) is 11.3 Å². The normalized spacial score (nSPS) is 11.8. The molecule has 1 heterocycles. The molecule has 2 aromatic carbocycles. The van der Waals surface area contributed by atoms with Crippen LogP contribution in [0.4, 0.5) is 5.69 Å². The van der Waals surface area contributed by atoms with Crippen LogP contribution in [0.25, 0.3) is 0 Å². The van der Waals surface area contributed by atoms with Gasteiger partial charge in [0.1, 0.15) is 11.0 Å². The van der Waals surface area contributed by atoms with Gasteiger partial charge in [0.2, 0.25) is 11.1 Å². The molecule has 0 aliphatic carbocycles. The summed E-state index contributed by atoms with van der Waals surface area (Å²) in [6, 6.07) is 16.8. The Bertz CT molecular complexity index is 852. The van der Waals surface area contributed by atoms with Crippen LogP contribution in [0.1, 0.15) is 17.7 Å². The number of anilines is 1. The van der Waals surface area contributed by atoms with Crippen molar-refractivity contribution in [2.24, 2.45) is 0 Å². The lowest BCUT2D eigenvalue weighted by molar-refractivity contribution is -0.115. The van der Waals surface area contributed by atoms with Crippen molar-refractivity contribution in [3.05, 3.63) is 60.2 Å². The minimum atomic E-state index is -0.477. The molecule has 0 aliphatic heterocycles. The molecule has 134 valence electrons. The van der Waals surface area contributed by atoms with Crippen LogP contribution in [0.15, 0.2) is 59.8 Å². The van der Waals surface area contributed by atoms with Gasteiger partial charge in [-0.2, -0.15) is 0 Å². The summed E-state index contributed by atoms with van der Waals surface area (Å²) in [4.78, 5) is 13.0. The molecule has 1 aromatic heterocycles. The second-order valence-corrected chi connectivity index (χ2v) is 6.48. The van der Waals surface area contributed by atoms with Gasteiger partial charge >= 0.3 is 0 Å². The Morgan fingerprint density at radius 2 is 1.92 bits per heavy atom. The van der Waals surface area contributed by atoms with Crippen molar-refractivity contribution in [2.75, 3.05) is 12.4 Å². The quantitative estimate of drug-likeness (QED) is 0.644. The lowest BCUT2D eigenvalue weighted by Gasteiger charge is -2.16. The van der Waals surface area contributed by atoms with E-state index in [9.17, 15) is 4.79 Å². The summed E-state index contributed by atoms with van der Waals surface area (Å²) in [7, 11) is 1.60. The smallest absolute Gasteiger partial charge is 0.242 e. The Balaban J connectivity index is 1.83. The molecule has 7 nitrogen and oxygen atoms in total. The number of ether oxygens (including phenoxy) is 1. The molecular weight excluding hydrogens is 350 g/mol. The summed E-state index contributed by atoms with van der Waals surface area (Å²) in [5.41, 5.74) is 1.58. The standard InChI is InChI=1S/C18H19N5O2S/c1-3-23-18(20-21-22-23)26-16(13-7-5-4-6-8-13)17(24)19-14-9-11-15(25-2)12-10-14/h4-12,16H,3H2,1-2H3,(H,19,24)/t16-/m1/s1. The number of aromatic nitrogens is 4. The fourth-order valence-electron chi connectivity index (χ4n) is 2.37. The highest BCUT2D eigenvalue weighted by Gasteiger charge is 2.25. The summed E-state index contributed by atoms with van der Waals surface area (Å²) in [6.07, 6.45) is 0. The predicted molar refractivity (Wildman–Crippen MR) is 100 cm³/mol. The molecule has 0 fully saturated rings. The van der Waals surface area contributed by atoms with Crippen molar-refractivity contribution < 1.29 is 9.53 Å². The average molecular weight is 369 g/mol. The van der Waals surface area contributed by atoms with Gasteiger partial charge in [-0.15, -0.1) is 5.10 Å². The summed E-state index contributed by atoms with van der Waals surface area (Å²) >= 11 is 1.32. The number of methoxy groups -OCH3 is 1. The molecule has 0 radical (unpaired) electrons. The largest absolute Gasteiger partial charge is 0.497 e. The molecule has 3 aromatic rings. The van der Waals surface area contributed by atoms with Gasteiger partial charge in [0.25, 0.3) is 0 Å². The van der Waals surface area contributed by atoms with Crippen molar-refractivity contribution in [1.82, 2.24) is 20.2 Å². The molecule has 1 atom stereocenters. The number of thioether (sulfide) groups is 1. The molecule has 0 unspecified atom stereocenters. The maximum Gasteiger partial charge on any atom is 0.242 e. The van der Waals surface area contributed by atoms with Gasteiger partial charge in [-0.3, -0.25) is 4.79 Å². The van der Waals surface area contributed by atoms with Crippen molar-refractivity contribution in [1.29, 1.82) is 0 Å². The number of aryl methyl sites for hydroxylation is 1. The van der Waals surface area contributed by atoms with Crippen molar-refractivity contribution in [3.63, 3.8) is 0 Å². The van der Waals surface area contributed by atoms with Crippen LogP contribution in [0.3, 0.4) is 0 Å². The first-order chi connectivity index (χ1) is 12.7. The van der Waals surface area contributed by atoms with E-state index >= 15 is 0 Å². The van der Waals surface area contributed by atoms with E-state index in [4.69, 9.17) is 4.74 Å². The van der Waals surface area contributed by atoms with Gasteiger partial charge in [0.05, 0.1) is 7.11 Å².